The lowest BCUT2D eigenvalue weighted by Gasteiger charge is -2.30. The molecule has 37 heavy (non-hydrogen) atoms. The number of benzene rings is 1. The largest absolute Gasteiger partial charge is 0.495 e. The fourth-order valence-corrected chi connectivity index (χ4v) is 6.07. The van der Waals surface area contributed by atoms with E-state index in [1.807, 2.05) is 36.5 Å². The molecule has 0 radical (unpaired) electrons. The van der Waals surface area contributed by atoms with Crippen LogP contribution in [0.4, 0.5) is 0 Å². The molecule has 5 rings (SSSR count). The van der Waals surface area contributed by atoms with Crippen LogP contribution in [-0.4, -0.2) is 71.0 Å². The van der Waals surface area contributed by atoms with Gasteiger partial charge < -0.3 is 24.3 Å². The SMILES string of the molecule is COc1ccc(Cl)cc1-n1c(C)cc([C@H]2[C@@H](c3ccccn3)NC(=S)N2CCCN2CCOCC2)c1C. The van der Waals surface area contributed by atoms with Gasteiger partial charge in [-0.1, -0.05) is 17.7 Å². The zero-order valence-electron chi connectivity index (χ0n) is 21.6. The number of aryl methyl sites for hydroxylation is 1. The lowest BCUT2D eigenvalue weighted by Crippen LogP contribution is -2.39. The number of pyridine rings is 1. The van der Waals surface area contributed by atoms with Gasteiger partial charge in [0.15, 0.2) is 5.11 Å². The molecule has 3 aromatic rings. The second-order valence-electron chi connectivity index (χ2n) is 9.61. The summed E-state index contributed by atoms with van der Waals surface area (Å²) in [5, 5.41) is 5.03. The monoisotopic (exact) mass is 539 g/mol. The highest BCUT2D eigenvalue weighted by Gasteiger charge is 2.41. The lowest BCUT2D eigenvalue weighted by molar-refractivity contribution is 0.0365. The van der Waals surface area contributed by atoms with E-state index in [1.54, 1.807) is 7.11 Å². The van der Waals surface area contributed by atoms with E-state index in [-0.39, 0.29) is 12.1 Å². The normalized spacial score (nSPS) is 20.3. The van der Waals surface area contributed by atoms with E-state index in [2.05, 4.69) is 45.7 Å². The summed E-state index contributed by atoms with van der Waals surface area (Å²) in [5.74, 6) is 0.779. The molecule has 0 spiro atoms. The van der Waals surface area contributed by atoms with Gasteiger partial charge in [-0.15, -0.1) is 0 Å². The number of ether oxygens (including phenoxy) is 2. The average molecular weight is 540 g/mol. The van der Waals surface area contributed by atoms with Crippen LogP contribution < -0.4 is 10.1 Å². The molecule has 7 nitrogen and oxygen atoms in total. The summed E-state index contributed by atoms with van der Waals surface area (Å²) in [6.45, 7) is 9.78. The highest BCUT2D eigenvalue weighted by Crippen LogP contribution is 2.42. The maximum atomic E-state index is 6.40. The van der Waals surface area contributed by atoms with Crippen LogP contribution in [-0.2, 0) is 4.74 Å². The zero-order chi connectivity index (χ0) is 25.9. The third-order valence-electron chi connectivity index (χ3n) is 7.35. The summed E-state index contributed by atoms with van der Waals surface area (Å²) in [6, 6.07) is 14.0. The number of halogens is 1. The summed E-state index contributed by atoms with van der Waals surface area (Å²) < 4.78 is 13.4. The Morgan fingerprint density at radius 2 is 1.95 bits per heavy atom. The van der Waals surface area contributed by atoms with Gasteiger partial charge in [-0.05, 0) is 74.4 Å². The molecule has 2 aliphatic heterocycles. The van der Waals surface area contributed by atoms with Gasteiger partial charge in [-0.3, -0.25) is 9.88 Å². The van der Waals surface area contributed by atoms with Crippen molar-refractivity contribution in [2.45, 2.75) is 32.4 Å². The number of aromatic nitrogens is 2. The predicted octanol–water partition coefficient (Wildman–Crippen LogP) is 4.85. The summed E-state index contributed by atoms with van der Waals surface area (Å²) in [7, 11) is 1.69. The molecule has 2 aliphatic rings. The zero-order valence-corrected chi connectivity index (χ0v) is 23.2. The summed E-state index contributed by atoms with van der Waals surface area (Å²) in [4.78, 5) is 9.51. The van der Waals surface area contributed by atoms with Crippen LogP contribution in [0.1, 0.15) is 41.1 Å². The Morgan fingerprint density at radius 3 is 2.68 bits per heavy atom. The minimum absolute atomic E-state index is 0.0113. The first kappa shape index (κ1) is 26.0. The maximum absolute atomic E-state index is 6.40. The molecule has 0 bridgehead atoms. The molecule has 1 aromatic carbocycles. The molecular formula is C28H34ClN5O2S. The van der Waals surface area contributed by atoms with Gasteiger partial charge in [0.25, 0.3) is 0 Å². The van der Waals surface area contributed by atoms with E-state index >= 15 is 0 Å². The minimum atomic E-state index is -0.0488. The predicted molar refractivity (Wildman–Crippen MR) is 151 cm³/mol. The number of morpholine rings is 1. The van der Waals surface area contributed by atoms with E-state index in [1.165, 1.54) is 5.56 Å². The number of nitrogens with zero attached hydrogens (tertiary/aromatic N) is 4. The van der Waals surface area contributed by atoms with Gasteiger partial charge in [-0.25, -0.2) is 0 Å². The van der Waals surface area contributed by atoms with Crippen molar-refractivity contribution in [3.8, 4) is 11.4 Å². The molecule has 2 aromatic heterocycles. The van der Waals surface area contributed by atoms with Crippen LogP contribution in [0, 0.1) is 13.8 Å². The molecule has 2 atom stereocenters. The Hall–Kier alpha value is -2.65. The van der Waals surface area contributed by atoms with Gasteiger partial charge in [0.2, 0.25) is 0 Å². The smallest absolute Gasteiger partial charge is 0.170 e. The Labute approximate surface area is 229 Å². The molecule has 2 fully saturated rings. The standard InChI is InChI=1S/C28H34ClN5O2S/c1-19-17-22(20(2)34(19)24-18-21(29)8-9-25(24)35-3)27-26(23-7-4-5-10-30-23)31-28(37)33(27)12-6-11-32-13-15-36-16-14-32/h4-5,7-10,17-18,26-27H,6,11-16H2,1-3H3,(H,31,37)/t26-,27+/m1/s1. The van der Waals surface area contributed by atoms with Crippen molar-refractivity contribution in [1.29, 1.82) is 0 Å². The van der Waals surface area contributed by atoms with Crippen molar-refractivity contribution in [3.63, 3.8) is 0 Å². The summed E-state index contributed by atoms with van der Waals surface area (Å²) in [6.07, 6.45) is 2.87. The van der Waals surface area contributed by atoms with Crippen molar-refractivity contribution in [2.24, 2.45) is 0 Å². The van der Waals surface area contributed by atoms with Crippen LogP contribution in [0.5, 0.6) is 5.75 Å². The topological polar surface area (TPSA) is 54.8 Å². The first-order chi connectivity index (χ1) is 18.0. The van der Waals surface area contributed by atoms with Gasteiger partial charge in [0, 0.05) is 48.8 Å². The van der Waals surface area contributed by atoms with Crippen molar-refractivity contribution >= 4 is 28.9 Å². The second-order valence-corrected chi connectivity index (χ2v) is 10.4. The quantitative estimate of drug-likeness (QED) is 0.411. The number of hydrogen-bond donors (Lipinski definition) is 1. The number of thiocarbonyl (C=S) groups is 1. The van der Waals surface area contributed by atoms with Crippen molar-refractivity contribution < 1.29 is 9.47 Å². The third-order valence-corrected chi connectivity index (χ3v) is 7.93. The van der Waals surface area contributed by atoms with E-state index in [0.29, 0.717) is 5.02 Å². The molecule has 0 saturated carbocycles. The average Bonchev–Trinajstić information content (AvgIpc) is 3.39. The number of methoxy groups -OCH3 is 1. The van der Waals surface area contributed by atoms with Crippen LogP contribution in [0.2, 0.25) is 5.02 Å². The van der Waals surface area contributed by atoms with Gasteiger partial charge in [-0.2, -0.15) is 0 Å². The fourth-order valence-electron chi connectivity index (χ4n) is 5.57. The molecule has 2 saturated heterocycles. The van der Waals surface area contributed by atoms with Crippen LogP contribution >= 0.6 is 23.8 Å². The van der Waals surface area contributed by atoms with Crippen molar-refractivity contribution in [2.75, 3.05) is 46.5 Å². The molecule has 4 heterocycles. The Bertz CT molecular complexity index is 1240. The molecule has 0 aliphatic carbocycles. The van der Waals surface area contributed by atoms with E-state index < -0.39 is 0 Å². The lowest BCUT2D eigenvalue weighted by atomic mass is 9.96. The van der Waals surface area contributed by atoms with E-state index in [9.17, 15) is 0 Å². The molecule has 9 heteroatoms. The number of rotatable bonds is 8. The van der Waals surface area contributed by atoms with E-state index in [0.717, 1.165) is 79.4 Å². The molecule has 196 valence electrons. The second kappa shape index (κ2) is 11.4. The molecule has 0 amide bonds. The maximum Gasteiger partial charge on any atom is 0.170 e. The van der Waals surface area contributed by atoms with Crippen LogP contribution in [0.25, 0.3) is 5.69 Å². The Kier molecular flexibility index (Phi) is 8.00. The van der Waals surface area contributed by atoms with E-state index in [4.69, 9.17) is 38.3 Å². The van der Waals surface area contributed by atoms with Gasteiger partial charge in [0.1, 0.15) is 5.75 Å². The van der Waals surface area contributed by atoms with Gasteiger partial charge in [0.05, 0.1) is 43.8 Å². The molecule has 0 unspecified atom stereocenters. The van der Waals surface area contributed by atoms with Crippen LogP contribution in [0.15, 0.2) is 48.7 Å². The highest BCUT2D eigenvalue weighted by atomic mass is 35.5. The third kappa shape index (κ3) is 5.34. The fraction of sp³-hybridized carbons (Fsp3) is 0.429. The van der Waals surface area contributed by atoms with Crippen molar-refractivity contribution in [3.05, 3.63) is 76.3 Å². The molecular weight excluding hydrogens is 506 g/mol. The van der Waals surface area contributed by atoms with Crippen molar-refractivity contribution in [1.82, 2.24) is 24.7 Å². The number of hydrogen-bond acceptors (Lipinski definition) is 5. The summed E-state index contributed by atoms with van der Waals surface area (Å²) >= 11 is 12.3. The minimum Gasteiger partial charge on any atom is -0.495 e. The first-order valence-electron chi connectivity index (χ1n) is 12.8. The van der Waals surface area contributed by atoms with Gasteiger partial charge >= 0.3 is 0 Å². The first-order valence-corrected chi connectivity index (χ1v) is 13.6. The molecule has 1 N–H and O–H groups in total. The van der Waals surface area contributed by atoms with Crippen LogP contribution in [0.3, 0.4) is 0 Å². The number of nitrogens with one attached hydrogen (secondary N) is 1. The Balaban J connectivity index is 1.51. The Morgan fingerprint density at radius 1 is 1.14 bits per heavy atom. The highest BCUT2D eigenvalue weighted by molar-refractivity contribution is 7.80. The summed E-state index contributed by atoms with van der Waals surface area (Å²) in [5.41, 5.74) is 5.37.